The van der Waals surface area contributed by atoms with Gasteiger partial charge in [0.15, 0.2) is 6.79 Å². The van der Waals surface area contributed by atoms with Gasteiger partial charge in [-0.05, 0) is 61.7 Å². The van der Waals surface area contributed by atoms with Gasteiger partial charge >= 0.3 is 0 Å². The Morgan fingerprint density at radius 2 is 1.88 bits per heavy atom. The van der Waals surface area contributed by atoms with Crippen LogP contribution in [-0.2, 0) is 11.3 Å². The number of rotatable bonds is 5. The Hall–Kier alpha value is -2.50. The van der Waals surface area contributed by atoms with Crippen molar-refractivity contribution in [2.45, 2.75) is 32.9 Å². The SMILES string of the molecule is COCOc1ccc(O)c(-c2ccc3c(c2CO)C(C)=CC(C)(C)N3)c1. The second-order valence-corrected chi connectivity index (χ2v) is 7.08. The van der Waals surface area contributed by atoms with E-state index in [0.717, 1.165) is 28.0 Å². The number of allylic oxidation sites excluding steroid dienone is 1. The smallest absolute Gasteiger partial charge is 0.188 e. The van der Waals surface area contributed by atoms with E-state index >= 15 is 0 Å². The first-order valence-electron chi connectivity index (χ1n) is 8.56. The number of ether oxygens (including phenoxy) is 2. The molecule has 138 valence electrons. The monoisotopic (exact) mass is 355 g/mol. The molecule has 5 heteroatoms. The molecule has 3 rings (SSSR count). The van der Waals surface area contributed by atoms with Crippen LogP contribution in [0, 0.1) is 0 Å². The number of anilines is 1. The molecular weight excluding hydrogens is 330 g/mol. The minimum atomic E-state index is -0.151. The summed E-state index contributed by atoms with van der Waals surface area (Å²) < 4.78 is 10.4. The molecule has 0 spiro atoms. The van der Waals surface area contributed by atoms with Crippen LogP contribution >= 0.6 is 0 Å². The van der Waals surface area contributed by atoms with Crippen LogP contribution < -0.4 is 10.1 Å². The summed E-state index contributed by atoms with van der Waals surface area (Å²) in [6, 6.07) is 8.94. The van der Waals surface area contributed by atoms with Crippen molar-refractivity contribution in [2.24, 2.45) is 0 Å². The maximum absolute atomic E-state index is 10.4. The lowest BCUT2D eigenvalue weighted by Crippen LogP contribution is -2.31. The normalized spacial score (nSPS) is 15.0. The zero-order valence-electron chi connectivity index (χ0n) is 15.6. The predicted molar refractivity (Wildman–Crippen MR) is 103 cm³/mol. The van der Waals surface area contributed by atoms with Gasteiger partial charge in [0, 0.05) is 23.9 Å². The van der Waals surface area contributed by atoms with Crippen LogP contribution in [0.5, 0.6) is 11.5 Å². The van der Waals surface area contributed by atoms with Crippen LogP contribution in [0.2, 0.25) is 0 Å². The highest BCUT2D eigenvalue weighted by atomic mass is 16.7. The van der Waals surface area contributed by atoms with Crippen molar-refractivity contribution >= 4 is 11.3 Å². The number of hydrogen-bond donors (Lipinski definition) is 3. The lowest BCUT2D eigenvalue weighted by atomic mass is 9.85. The van der Waals surface area contributed by atoms with Crippen LogP contribution in [0.3, 0.4) is 0 Å². The first kappa shape index (κ1) is 18.3. The zero-order valence-corrected chi connectivity index (χ0v) is 15.6. The van der Waals surface area contributed by atoms with Crippen molar-refractivity contribution in [1.82, 2.24) is 0 Å². The molecule has 0 amide bonds. The first-order valence-corrected chi connectivity index (χ1v) is 8.56. The van der Waals surface area contributed by atoms with Crippen molar-refractivity contribution in [3.63, 3.8) is 0 Å². The summed E-state index contributed by atoms with van der Waals surface area (Å²) in [5, 5.41) is 24.0. The Bertz CT molecular complexity index is 855. The second-order valence-electron chi connectivity index (χ2n) is 7.08. The number of phenolic OH excluding ortho intramolecular Hbond substituents is 1. The molecule has 0 saturated carbocycles. The van der Waals surface area contributed by atoms with E-state index in [4.69, 9.17) is 9.47 Å². The van der Waals surface area contributed by atoms with Crippen LogP contribution in [0.25, 0.3) is 16.7 Å². The molecule has 2 aromatic rings. The molecular formula is C21H25NO4. The standard InChI is InChI=1S/C21H25NO4/c1-13-10-21(2,3)22-18-7-6-15(17(11-23)20(13)18)16-9-14(26-12-25-4)5-8-19(16)24/h5-10,22-24H,11-12H2,1-4H3. The number of methoxy groups -OCH3 is 1. The molecule has 1 heterocycles. The molecule has 1 aliphatic rings. The van der Waals surface area contributed by atoms with E-state index in [9.17, 15) is 10.2 Å². The van der Waals surface area contributed by atoms with Crippen molar-refractivity contribution in [1.29, 1.82) is 0 Å². The van der Waals surface area contributed by atoms with Gasteiger partial charge in [0.2, 0.25) is 0 Å². The van der Waals surface area contributed by atoms with Gasteiger partial charge in [-0.3, -0.25) is 0 Å². The quantitative estimate of drug-likeness (QED) is 0.703. The third-order valence-corrected chi connectivity index (χ3v) is 4.50. The van der Waals surface area contributed by atoms with E-state index in [1.54, 1.807) is 25.3 Å². The van der Waals surface area contributed by atoms with Gasteiger partial charge in [-0.1, -0.05) is 12.1 Å². The van der Waals surface area contributed by atoms with Crippen LogP contribution in [0.1, 0.15) is 31.9 Å². The number of benzene rings is 2. The van der Waals surface area contributed by atoms with Crippen molar-refractivity contribution in [3.05, 3.63) is 47.5 Å². The van der Waals surface area contributed by atoms with Crippen molar-refractivity contribution in [3.8, 4) is 22.6 Å². The van der Waals surface area contributed by atoms with E-state index in [-0.39, 0.29) is 24.7 Å². The van der Waals surface area contributed by atoms with Crippen LogP contribution in [0.4, 0.5) is 5.69 Å². The van der Waals surface area contributed by atoms with Gasteiger partial charge < -0.3 is 25.0 Å². The molecule has 1 aliphatic heterocycles. The first-order chi connectivity index (χ1) is 12.4. The summed E-state index contributed by atoms with van der Waals surface area (Å²) in [7, 11) is 1.55. The minimum absolute atomic E-state index is 0.127. The topological polar surface area (TPSA) is 71.0 Å². The largest absolute Gasteiger partial charge is 0.507 e. The third-order valence-electron chi connectivity index (χ3n) is 4.50. The Morgan fingerprint density at radius 3 is 2.58 bits per heavy atom. The molecule has 2 aromatic carbocycles. The highest BCUT2D eigenvalue weighted by molar-refractivity contribution is 5.88. The number of aliphatic hydroxyl groups is 1. The van der Waals surface area contributed by atoms with E-state index in [1.807, 2.05) is 19.1 Å². The average molecular weight is 355 g/mol. The van der Waals surface area contributed by atoms with E-state index in [2.05, 4.69) is 25.2 Å². The van der Waals surface area contributed by atoms with E-state index < -0.39 is 0 Å². The molecule has 0 atom stereocenters. The molecule has 0 fully saturated rings. The average Bonchev–Trinajstić information content (AvgIpc) is 2.59. The molecule has 0 aromatic heterocycles. The summed E-state index contributed by atoms with van der Waals surface area (Å²) in [4.78, 5) is 0. The number of aromatic hydroxyl groups is 1. The summed E-state index contributed by atoms with van der Waals surface area (Å²) in [5.41, 5.74) is 5.07. The van der Waals surface area contributed by atoms with Crippen molar-refractivity contribution < 1.29 is 19.7 Å². The molecule has 5 nitrogen and oxygen atoms in total. The summed E-state index contributed by atoms with van der Waals surface area (Å²) >= 11 is 0. The molecule has 0 unspecified atom stereocenters. The Morgan fingerprint density at radius 1 is 1.12 bits per heavy atom. The van der Waals surface area contributed by atoms with Gasteiger partial charge in [-0.25, -0.2) is 0 Å². The number of nitrogens with one attached hydrogen (secondary N) is 1. The van der Waals surface area contributed by atoms with Crippen LogP contribution in [-0.4, -0.2) is 29.7 Å². The van der Waals surface area contributed by atoms with Gasteiger partial charge in [0.25, 0.3) is 0 Å². The number of phenols is 1. The molecule has 0 aliphatic carbocycles. The summed E-state index contributed by atoms with van der Waals surface area (Å²) in [6.45, 7) is 6.25. The lowest BCUT2D eigenvalue weighted by molar-refractivity contribution is 0.0511. The zero-order chi connectivity index (χ0) is 18.9. The summed E-state index contributed by atoms with van der Waals surface area (Å²) in [6.07, 6.45) is 2.15. The number of hydrogen-bond acceptors (Lipinski definition) is 5. The fourth-order valence-electron chi connectivity index (χ4n) is 3.56. The predicted octanol–water partition coefficient (Wildman–Crippen LogP) is 4.14. The summed E-state index contributed by atoms with van der Waals surface area (Å²) in [5.74, 6) is 0.725. The van der Waals surface area contributed by atoms with Gasteiger partial charge in [0.1, 0.15) is 11.5 Å². The van der Waals surface area contributed by atoms with Gasteiger partial charge in [-0.2, -0.15) is 0 Å². The molecule has 0 radical (unpaired) electrons. The molecule has 0 bridgehead atoms. The van der Waals surface area contributed by atoms with Gasteiger partial charge in [-0.15, -0.1) is 0 Å². The number of aliphatic hydroxyl groups excluding tert-OH is 1. The fourth-order valence-corrected chi connectivity index (χ4v) is 3.56. The molecule has 0 saturated heterocycles. The fraction of sp³-hybridized carbons (Fsp3) is 0.333. The Balaban J connectivity index is 2.15. The van der Waals surface area contributed by atoms with Crippen molar-refractivity contribution in [2.75, 3.05) is 19.2 Å². The Kier molecular flexibility index (Phi) is 4.94. The third kappa shape index (κ3) is 3.41. The van der Waals surface area contributed by atoms with E-state index in [0.29, 0.717) is 11.3 Å². The maximum atomic E-state index is 10.4. The highest BCUT2D eigenvalue weighted by Crippen LogP contribution is 2.42. The molecule has 26 heavy (non-hydrogen) atoms. The van der Waals surface area contributed by atoms with E-state index in [1.165, 1.54) is 0 Å². The minimum Gasteiger partial charge on any atom is -0.507 e. The highest BCUT2D eigenvalue weighted by Gasteiger charge is 2.26. The van der Waals surface area contributed by atoms with Crippen LogP contribution in [0.15, 0.2) is 36.4 Å². The number of fused-ring (bicyclic) bond motifs is 1. The second kappa shape index (κ2) is 7.02. The maximum Gasteiger partial charge on any atom is 0.188 e. The van der Waals surface area contributed by atoms with Gasteiger partial charge in [0.05, 0.1) is 12.1 Å². The lowest BCUT2D eigenvalue weighted by Gasteiger charge is -2.33. The Labute approximate surface area is 153 Å². The molecule has 3 N–H and O–H groups in total.